The topological polar surface area (TPSA) is 77.4 Å². The second-order valence-corrected chi connectivity index (χ2v) is 17.4. The molecule has 47 heavy (non-hydrogen) atoms. The summed E-state index contributed by atoms with van der Waals surface area (Å²) < 4.78 is 30.0. The molecular formula is C33H28Br8O6. The van der Waals surface area contributed by atoms with E-state index in [4.69, 9.17) is 18.9 Å². The normalized spacial score (nSPS) is 12.9. The molecule has 4 rings (SSSR count). The fraction of sp³-hybridized carbons (Fsp3) is 0.273. The third-order valence-corrected chi connectivity index (χ3v) is 15.0. The fourth-order valence-corrected chi connectivity index (χ4v) is 8.16. The van der Waals surface area contributed by atoms with Gasteiger partial charge < -0.3 is 29.2 Å². The highest BCUT2D eigenvalue weighted by atomic mass is 79.9. The minimum absolute atomic E-state index is 0.0499. The highest BCUT2D eigenvalue weighted by Crippen LogP contribution is 2.47. The van der Waals surface area contributed by atoms with Gasteiger partial charge in [0.25, 0.3) is 0 Å². The predicted molar refractivity (Wildman–Crippen MR) is 213 cm³/mol. The third kappa shape index (κ3) is 10.4. The van der Waals surface area contributed by atoms with Crippen molar-refractivity contribution in [1.29, 1.82) is 0 Å². The molecule has 0 saturated heterocycles. The second kappa shape index (κ2) is 17.9. The number of aliphatic hydroxyl groups is 2. The summed E-state index contributed by atoms with van der Waals surface area (Å²) in [5.74, 6) is 2.45. The van der Waals surface area contributed by atoms with Crippen LogP contribution in [0.15, 0.2) is 96.4 Å². The van der Waals surface area contributed by atoms with E-state index in [1.807, 2.05) is 60.7 Å². The van der Waals surface area contributed by atoms with E-state index in [1.54, 1.807) is 0 Å². The van der Waals surface area contributed by atoms with Crippen molar-refractivity contribution >= 4 is 127 Å². The molecule has 2 atom stereocenters. The summed E-state index contributed by atoms with van der Waals surface area (Å²) in [5.41, 5.74) is 1.56. The van der Waals surface area contributed by atoms with Gasteiger partial charge in [-0.3, -0.25) is 0 Å². The van der Waals surface area contributed by atoms with Gasteiger partial charge in [-0.05, 0) is 187 Å². The van der Waals surface area contributed by atoms with Gasteiger partial charge in [-0.1, -0.05) is 26.0 Å². The van der Waals surface area contributed by atoms with Gasteiger partial charge in [0.05, 0.1) is 8.95 Å². The Morgan fingerprint density at radius 3 is 1.21 bits per heavy atom. The molecule has 0 fully saturated rings. The van der Waals surface area contributed by atoms with Crippen LogP contribution in [0.3, 0.4) is 0 Å². The molecule has 14 heteroatoms. The number of aliphatic hydroxyl groups excluding tert-OH is 2. The molecule has 0 aliphatic rings. The first-order valence-corrected chi connectivity index (χ1v) is 20.3. The lowest BCUT2D eigenvalue weighted by Gasteiger charge is -2.30. The molecule has 4 aromatic carbocycles. The Kier molecular flexibility index (Phi) is 15.1. The zero-order valence-corrected chi connectivity index (χ0v) is 37.5. The summed E-state index contributed by atoms with van der Waals surface area (Å²) in [6, 6.07) is 18.8. The van der Waals surface area contributed by atoms with Crippen LogP contribution < -0.4 is 18.9 Å². The van der Waals surface area contributed by atoms with E-state index in [-0.39, 0.29) is 26.4 Å². The number of halogens is 8. The molecule has 0 radical (unpaired) electrons. The summed E-state index contributed by atoms with van der Waals surface area (Å²) in [6.45, 7) is 4.50. The van der Waals surface area contributed by atoms with Crippen molar-refractivity contribution in [1.82, 2.24) is 0 Å². The summed E-state index contributed by atoms with van der Waals surface area (Å²) in [7, 11) is 0. The molecule has 0 saturated carbocycles. The van der Waals surface area contributed by atoms with Crippen LogP contribution in [-0.2, 0) is 5.41 Å². The Morgan fingerprint density at radius 2 is 0.851 bits per heavy atom. The lowest BCUT2D eigenvalue weighted by Crippen LogP contribution is -2.25. The average Bonchev–Trinajstić information content (AvgIpc) is 3.03. The van der Waals surface area contributed by atoms with E-state index < -0.39 is 17.6 Å². The maximum atomic E-state index is 10.5. The molecule has 0 amide bonds. The highest BCUT2D eigenvalue weighted by molar-refractivity contribution is 9.14. The number of ether oxygens (including phenoxy) is 4. The molecule has 0 aliphatic carbocycles. The van der Waals surface area contributed by atoms with Gasteiger partial charge in [-0.2, -0.15) is 0 Å². The van der Waals surface area contributed by atoms with Crippen molar-refractivity contribution < 1.29 is 29.2 Å². The summed E-state index contributed by atoms with van der Waals surface area (Å²) >= 11 is 28.6. The van der Waals surface area contributed by atoms with Crippen LogP contribution in [0.25, 0.3) is 0 Å². The molecule has 2 unspecified atom stereocenters. The Morgan fingerprint density at radius 1 is 0.489 bits per heavy atom. The largest absolute Gasteiger partial charge is 0.491 e. The summed E-state index contributed by atoms with van der Waals surface area (Å²) in [5, 5.41) is 21.0. The van der Waals surface area contributed by atoms with Gasteiger partial charge in [-0.25, -0.2) is 0 Å². The van der Waals surface area contributed by atoms with Crippen molar-refractivity contribution in [3.8, 4) is 23.0 Å². The van der Waals surface area contributed by atoms with E-state index >= 15 is 0 Å². The Labute approximate surface area is 341 Å². The van der Waals surface area contributed by atoms with Gasteiger partial charge in [0.15, 0.2) is 0 Å². The minimum atomic E-state index is -0.837. The van der Waals surface area contributed by atoms with Crippen molar-refractivity contribution in [2.24, 2.45) is 0 Å². The molecular weight excluding hydrogens is 1130 g/mol. The first kappa shape index (κ1) is 39.6. The molecule has 0 heterocycles. The van der Waals surface area contributed by atoms with Crippen LogP contribution in [0, 0.1) is 0 Å². The van der Waals surface area contributed by atoms with Crippen LogP contribution in [0.1, 0.15) is 25.0 Å². The quantitative estimate of drug-likeness (QED) is 0.131. The molecule has 4 aromatic rings. The zero-order valence-electron chi connectivity index (χ0n) is 24.8. The lowest BCUT2D eigenvalue weighted by molar-refractivity contribution is 0.0623. The van der Waals surface area contributed by atoms with Crippen LogP contribution in [0.5, 0.6) is 23.0 Å². The number of rotatable bonds is 14. The van der Waals surface area contributed by atoms with Crippen LogP contribution in [-0.4, -0.2) is 48.8 Å². The first-order chi connectivity index (χ1) is 22.2. The standard InChI is InChI=1S/C33H28Br8O6/c1-33(2,21-5-9-27(31(40)29(21)38)46-15-17(42)13-44-19-3-7-23(34)25(36)11-19)22-6-10-28(32(41)30(22)39)47-16-18(43)14-45-20-4-8-24(35)26(37)12-20/h3-12,17-18,42-43H,13-16H2,1-2H3. The van der Waals surface area contributed by atoms with E-state index in [0.717, 1.165) is 46.9 Å². The van der Waals surface area contributed by atoms with Gasteiger partial charge in [0.2, 0.25) is 0 Å². The summed E-state index contributed by atoms with van der Waals surface area (Å²) in [6.07, 6.45) is -1.67. The van der Waals surface area contributed by atoms with Crippen LogP contribution in [0.4, 0.5) is 0 Å². The van der Waals surface area contributed by atoms with Gasteiger partial charge in [0, 0.05) is 32.3 Å². The van der Waals surface area contributed by atoms with E-state index in [2.05, 4.69) is 141 Å². The van der Waals surface area contributed by atoms with Crippen molar-refractivity contribution in [2.75, 3.05) is 26.4 Å². The SMILES string of the molecule is CC(C)(c1ccc(OCC(O)COc2ccc(Br)c(Br)c2)c(Br)c1Br)c1ccc(OCC(O)COc2ccc(Br)c(Br)c2)c(Br)c1Br. The molecule has 0 spiro atoms. The van der Waals surface area contributed by atoms with Crippen molar-refractivity contribution in [2.45, 2.75) is 31.5 Å². The Balaban J connectivity index is 1.37. The monoisotopic (exact) mass is 1150 g/mol. The number of benzene rings is 4. The maximum Gasteiger partial charge on any atom is 0.134 e. The molecule has 2 N–H and O–H groups in total. The number of hydrogen-bond acceptors (Lipinski definition) is 6. The molecule has 6 nitrogen and oxygen atoms in total. The van der Waals surface area contributed by atoms with E-state index in [1.165, 1.54) is 0 Å². The second-order valence-electron chi connectivity index (χ2n) is 10.8. The fourth-order valence-electron chi connectivity index (χ4n) is 4.38. The first-order valence-electron chi connectivity index (χ1n) is 13.9. The highest BCUT2D eigenvalue weighted by Gasteiger charge is 2.31. The average molecular weight is 1160 g/mol. The van der Waals surface area contributed by atoms with Gasteiger partial charge >= 0.3 is 0 Å². The zero-order chi connectivity index (χ0) is 34.5. The minimum Gasteiger partial charge on any atom is -0.491 e. The van der Waals surface area contributed by atoms with Crippen LogP contribution >= 0.6 is 127 Å². The van der Waals surface area contributed by atoms with Crippen molar-refractivity contribution in [3.63, 3.8) is 0 Å². The van der Waals surface area contributed by atoms with E-state index in [0.29, 0.717) is 23.0 Å². The number of hydrogen-bond donors (Lipinski definition) is 2. The van der Waals surface area contributed by atoms with Crippen LogP contribution in [0.2, 0.25) is 0 Å². The molecule has 0 aromatic heterocycles. The smallest absolute Gasteiger partial charge is 0.134 e. The lowest BCUT2D eigenvalue weighted by atomic mass is 9.78. The maximum absolute atomic E-state index is 10.5. The molecule has 252 valence electrons. The van der Waals surface area contributed by atoms with Gasteiger partial charge in [0.1, 0.15) is 61.6 Å². The van der Waals surface area contributed by atoms with Crippen molar-refractivity contribution in [3.05, 3.63) is 108 Å². The summed E-state index contributed by atoms with van der Waals surface area (Å²) in [4.78, 5) is 0. The Bertz CT molecular complexity index is 1590. The molecule has 0 bridgehead atoms. The van der Waals surface area contributed by atoms with Gasteiger partial charge in [-0.15, -0.1) is 0 Å². The Hall–Kier alpha value is -0.160. The molecule has 0 aliphatic heterocycles. The predicted octanol–water partition coefficient (Wildman–Crippen LogP) is 11.7. The van der Waals surface area contributed by atoms with E-state index in [9.17, 15) is 10.2 Å². The third-order valence-electron chi connectivity index (χ3n) is 6.97.